The maximum absolute atomic E-state index is 11.8. The van der Waals surface area contributed by atoms with Crippen LogP contribution in [0.2, 0.25) is 0 Å². The first kappa shape index (κ1) is 23.2. The minimum Gasteiger partial charge on any atom is -0.492 e. The van der Waals surface area contributed by atoms with Gasteiger partial charge in [-0.15, -0.1) is 0 Å². The van der Waals surface area contributed by atoms with E-state index in [0.717, 1.165) is 5.56 Å². The van der Waals surface area contributed by atoms with E-state index in [1.807, 2.05) is 39.0 Å². The van der Waals surface area contributed by atoms with Crippen LogP contribution in [-0.2, 0) is 20.7 Å². The van der Waals surface area contributed by atoms with Gasteiger partial charge in [0.15, 0.2) is 5.78 Å². The number of halogens is 1. The first-order valence-electron chi connectivity index (χ1n) is 8.98. The van der Waals surface area contributed by atoms with Gasteiger partial charge in [0.05, 0.1) is 24.2 Å². The van der Waals surface area contributed by atoms with E-state index in [-0.39, 0.29) is 22.4 Å². The van der Waals surface area contributed by atoms with Crippen LogP contribution in [0.15, 0.2) is 18.2 Å². The number of benzene rings is 1. The monoisotopic (exact) mass is 396 g/mol. The molecule has 0 fully saturated rings. The first-order valence-corrected chi connectivity index (χ1v) is 9.36. The van der Waals surface area contributed by atoms with Crippen molar-refractivity contribution < 1.29 is 23.9 Å². The number of hydrogen-bond donors (Lipinski definition) is 0. The molecule has 0 atom stereocenters. The molecule has 27 heavy (non-hydrogen) atoms. The molecule has 0 bridgehead atoms. The lowest BCUT2D eigenvalue weighted by Crippen LogP contribution is -2.23. The van der Waals surface area contributed by atoms with Crippen LogP contribution in [-0.4, -0.2) is 30.2 Å². The third-order valence-electron chi connectivity index (χ3n) is 3.76. The molecule has 0 spiro atoms. The average molecular weight is 397 g/mol. The largest absolute Gasteiger partial charge is 0.492 e. The minimum atomic E-state index is -0.486. The molecular formula is C21H29ClO5. The quantitative estimate of drug-likeness (QED) is 0.552. The molecule has 1 aromatic rings. The van der Waals surface area contributed by atoms with Gasteiger partial charge in [-0.05, 0) is 50.1 Å². The Labute approximate surface area is 166 Å². The van der Waals surface area contributed by atoms with Crippen molar-refractivity contribution in [2.24, 2.45) is 10.8 Å². The smallest absolute Gasteiger partial charge is 0.311 e. The number of carbonyl (C=O) groups is 3. The van der Waals surface area contributed by atoms with Gasteiger partial charge < -0.3 is 9.47 Å². The lowest BCUT2D eigenvalue weighted by atomic mass is 9.97. The number of esters is 1. The van der Waals surface area contributed by atoms with E-state index in [4.69, 9.17) is 21.1 Å². The second kappa shape index (κ2) is 9.36. The van der Waals surface area contributed by atoms with E-state index in [9.17, 15) is 14.4 Å². The van der Waals surface area contributed by atoms with Crippen LogP contribution in [0.4, 0.5) is 0 Å². The lowest BCUT2D eigenvalue weighted by molar-refractivity contribution is -0.152. The SMILES string of the molecule is CC(C)(C)C(=O)Cl.CC(C)(C)C(=O)OCCc1ccc2c(c1)C(=O)CCO2. The van der Waals surface area contributed by atoms with E-state index >= 15 is 0 Å². The molecule has 1 aliphatic heterocycles. The predicted octanol–water partition coefficient (Wildman–Crippen LogP) is 4.58. The second-order valence-electron chi connectivity index (χ2n) is 8.51. The maximum atomic E-state index is 11.8. The van der Waals surface area contributed by atoms with Crippen molar-refractivity contribution in [1.29, 1.82) is 0 Å². The fourth-order valence-electron chi connectivity index (χ4n) is 1.94. The van der Waals surface area contributed by atoms with Gasteiger partial charge in [-0.2, -0.15) is 0 Å². The van der Waals surface area contributed by atoms with E-state index in [0.29, 0.717) is 37.4 Å². The summed E-state index contributed by atoms with van der Waals surface area (Å²) in [6.45, 7) is 11.6. The number of fused-ring (bicyclic) bond motifs is 1. The highest BCUT2D eigenvalue weighted by atomic mass is 35.5. The molecule has 150 valence electrons. The van der Waals surface area contributed by atoms with Gasteiger partial charge in [0.25, 0.3) is 0 Å². The number of ether oxygens (including phenoxy) is 2. The molecule has 0 radical (unpaired) electrons. The van der Waals surface area contributed by atoms with Crippen LogP contribution < -0.4 is 4.74 Å². The van der Waals surface area contributed by atoms with Gasteiger partial charge in [-0.3, -0.25) is 14.4 Å². The van der Waals surface area contributed by atoms with Gasteiger partial charge in [0, 0.05) is 18.3 Å². The highest BCUT2D eigenvalue weighted by molar-refractivity contribution is 6.64. The van der Waals surface area contributed by atoms with Crippen molar-refractivity contribution in [2.75, 3.05) is 13.2 Å². The Kier molecular flexibility index (Phi) is 8.03. The Morgan fingerprint density at radius 1 is 1.11 bits per heavy atom. The third-order valence-corrected chi connectivity index (χ3v) is 4.32. The summed E-state index contributed by atoms with van der Waals surface area (Å²) in [4.78, 5) is 33.7. The molecule has 1 aliphatic rings. The zero-order chi connectivity index (χ0) is 20.8. The molecule has 2 rings (SSSR count). The van der Waals surface area contributed by atoms with Gasteiger partial charge in [-0.1, -0.05) is 26.8 Å². The molecular weight excluding hydrogens is 368 g/mol. The molecule has 0 aromatic heterocycles. The van der Waals surface area contributed by atoms with Crippen molar-refractivity contribution >= 4 is 28.6 Å². The van der Waals surface area contributed by atoms with Crippen molar-refractivity contribution in [2.45, 2.75) is 54.4 Å². The summed E-state index contributed by atoms with van der Waals surface area (Å²) in [5.41, 5.74) is 0.751. The Hall–Kier alpha value is -1.88. The number of rotatable bonds is 3. The summed E-state index contributed by atoms with van der Waals surface area (Å²) in [5, 5.41) is -0.285. The fourth-order valence-corrected chi connectivity index (χ4v) is 1.94. The number of ketones is 1. The fraction of sp³-hybridized carbons (Fsp3) is 0.571. The maximum Gasteiger partial charge on any atom is 0.311 e. The van der Waals surface area contributed by atoms with Gasteiger partial charge in [0.1, 0.15) is 5.75 Å². The van der Waals surface area contributed by atoms with E-state index in [1.165, 1.54) is 0 Å². The van der Waals surface area contributed by atoms with Crippen LogP contribution in [0.5, 0.6) is 5.75 Å². The van der Waals surface area contributed by atoms with Gasteiger partial charge in [-0.25, -0.2) is 0 Å². The van der Waals surface area contributed by atoms with Gasteiger partial charge >= 0.3 is 5.97 Å². The Bertz CT molecular complexity index is 696. The van der Waals surface area contributed by atoms with Gasteiger partial charge in [0.2, 0.25) is 5.24 Å². The van der Waals surface area contributed by atoms with E-state index in [1.54, 1.807) is 20.8 Å². The van der Waals surface area contributed by atoms with Crippen LogP contribution >= 0.6 is 11.6 Å². The standard InChI is InChI=1S/C16H20O4.C5H9ClO/c1-16(2,3)15(18)20-8-6-11-4-5-14-12(10-11)13(17)7-9-19-14;1-5(2,3)4(6)7/h4-5,10H,6-9H2,1-3H3;1-3H3. The molecule has 1 heterocycles. The van der Waals surface area contributed by atoms with Crippen molar-refractivity contribution in [3.05, 3.63) is 29.3 Å². The summed E-state index contributed by atoms with van der Waals surface area (Å²) in [6, 6.07) is 5.55. The molecule has 0 saturated carbocycles. The average Bonchev–Trinajstić information content (AvgIpc) is 2.54. The van der Waals surface area contributed by atoms with Crippen LogP contribution in [0, 0.1) is 10.8 Å². The molecule has 0 amide bonds. The topological polar surface area (TPSA) is 69.7 Å². The van der Waals surface area contributed by atoms with Crippen molar-refractivity contribution in [1.82, 2.24) is 0 Å². The number of hydrogen-bond acceptors (Lipinski definition) is 5. The Balaban J connectivity index is 0.000000445. The summed E-state index contributed by atoms with van der Waals surface area (Å²) in [6.07, 6.45) is 1.03. The molecule has 6 heteroatoms. The lowest BCUT2D eigenvalue weighted by Gasteiger charge is -2.18. The predicted molar refractivity (Wildman–Crippen MR) is 105 cm³/mol. The van der Waals surface area contributed by atoms with Crippen LogP contribution in [0.1, 0.15) is 63.9 Å². The Morgan fingerprint density at radius 3 is 2.22 bits per heavy atom. The zero-order valence-corrected chi connectivity index (χ0v) is 17.7. The second-order valence-corrected chi connectivity index (χ2v) is 8.86. The van der Waals surface area contributed by atoms with Crippen LogP contribution in [0.25, 0.3) is 0 Å². The number of Topliss-reactive ketones (excluding diaryl/α,β-unsaturated/α-hetero) is 1. The molecule has 0 unspecified atom stereocenters. The minimum absolute atomic E-state index is 0.111. The highest BCUT2D eigenvalue weighted by Crippen LogP contribution is 2.26. The molecule has 0 saturated heterocycles. The third kappa shape index (κ3) is 7.71. The van der Waals surface area contributed by atoms with Crippen LogP contribution in [0.3, 0.4) is 0 Å². The zero-order valence-electron chi connectivity index (χ0n) is 17.0. The number of carbonyl (C=O) groups excluding carboxylic acids is 3. The summed E-state index contributed by atoms with van der Waals surface area (Å²) >= 11 is 5.11. The molecule has 1 aromatic carbocycles. The summed E-state index contributed by atoms with van der Waals surface area (Å²) in [7, 11) is 0. The molecule has 0 N–H and O–H groups in total. The van der Waals surface area contributed by atoms with Crippen molar-refractivity contribution in [3.63, 3.8) is 0 Å². The summed E-state index contributed by atoms with van der Waals surface area (Å²) in [5.74, 6) is 0.548. The molecule has 5 nitrogen and oxygen atoms in total. The van der Waals surface area contributed by atoms with E-state index < -0.39 is 5.41 Å². The highest BCUT2D eigenvalue weighted by Gasteiger charge is 2.23. The van der Waals surface area contributed by atoms with E-state index in [2.05, 4.69) is 0 Å². The summed E-state index contributed by atoms with van der Waals surface area (Å²) < 4.78 is 10.7. The first-order chi connectivity index (χ1) is 12.3. The Morgan fingerprint density at radius 2 is 1.70 bits per heavy atom. The van der Waals surface area contributed by atoms with Crippen molar-refractivity contribution in [3.8, 4) is 5.75 Å². The normalized spacial score (nSPS) is 13.7. The molecule has 0 aliphatic carbocycles.